The molecule has 4 atom stereocenters. The third-order valence-corrected chi connectivity index (χ3v) is 4.90. The molecule has 0 saturated carbocycles. The van der Waals surface area contributed by atoms with Gasteiger partial charge in [0.15, 0.2) is 0 Å². The molecule has 2 nitrogen and oxygen atoms in total. The van der Waals surface area contributed by atoms with E-state index in [9.17, 15) is 0 Å². The Kier molecular flexibility index (Phi) is 4.42. The smallest absolute Gasteiger partial charge is 0.0623 e. The van der Waals surface area contributed by atoms with Crippen molar-refractivity contribution in [2.45, 2.75) is 64.2 Å². The van der Waals surface area contributed by atoms with Crippen molar-refractivity contribution in [2.24, 2.45) is 5.92 Å². The molecule has 20 heavy (non-hydrogen) atoms. The van der Waals surface area contributed by atoms with Crippen molar-refractivity contribution in [3.63, 3.8) is 0 Å². The summed E-state index contributed by atoms with van der Waals surface area (Å²) in [5, 5.41) is 3.78. The molecule has 2 aliphatic rings. The molecule has 2 aliphatic heterocycles. The zero-order chi connectivity index (χ0) is 13.9. The molecule has 0 radical (unpaired) electrons. The van der Waals surface area contributed by atoms with Crippen LogP contribution in [0.15, 0.2) is 24.3 Å². The van der Waals surface area contributed by atoms with E-state index in [1.807, 2.05) is 0 Å². The van der Waals surface area contributed by atoms with Gasteiger partial charge in [-0.05, 0) is 51.1 Å². The molecular weight excluding hydrogens is 246 g/mol. The summed E-state index contributed by atoms with van der Waals surface area (Å²) in [6.45, 7) is 5.51. The minimum absolute atomic E-state index is 0.514. The van der Waals surface area contributed by atoms with Crippen LogP contribution in [0.5, 0.6) is 0 Å². The Morgan fingerprint density at radius 1 is 1.25 bits per heavy atom. The van der Waals surface area contributed by atoms with E-state index in [2.05, 4.69) is 43.4 Å². The van der Waals surface area contributed by atoms with Gasteiger partial charge in [-0.15, -0.1) is 0 Å². The molecule has 110 valence electrons. The van der Waals surface area contributed by atoms with Crippen LogP contribution >= 0.6 is 0 Å². The van der Waals surface area contributed by atoms with Crippen molar-refractivity contribution in [1.29, 1.82) is 0 Å². The van der Waals surface area contributed by atoms with Gasteiger partial charge in [-0.1, -0.05) is 36.8 Å². The second-order valence-electron chi connectivity index (χ2n) is 6.52. The molecule has 2 fully saturated rings. The van der Waals surface area contributed by atoms with Crippen LogP contribution in [0.2, 0.25) is 0 Å². The Balaban J connectivity index is 1.67. The van der Waals surface area contributed by atoms with Crippen molar-refractivity contribution < 1.29 is 4.74 Å². The summed E-state index contributed by atoms with van der Waals surface area (Å²) in [5.74, 6) is 0.710. The summed E-state index contributed by atoms with van der Waals surface area (Å²) in [6, 6.07) is 9.59. The highest BCUT2D eigenvalue weighted by atomic mass is 16.5. The maximum absolute atomic E-state index is 6.06. The highest BCUT2D eigenvalue weighted by Gasteiger charge is 2.43. The Labute approximate surface area is 122 Å². The Morgan fingerprint density at radius 3 is 2.65 bits per heavy atom. The first-order valence-electron chi connectivity index (χ1n) is 8.20. The molecule has 2 bridgehead atoms. The lowest BCUT2D eigenvalue weighted by molar-refractivity contribution is 0.0857. The zero-order valence-corrected chi connectivity index (χ0v) is 12.8. The van der Waals surface area contributed by atoms with Crippen molar-refractivity contribution in [1.82, 2.24) is 5.32 Å². The number of rotatable bonds is 6. The SMILES string of the molecule is CCCNC(Cc1ccc(C)cc1)C1CC2CCC1O2. The van der Waals surface area contributed by atoms with Crippen LogP contribution in [-0.2, 0) is 11.2 Å². The number of benzene rings is 1. The largest absolute Gasteiger partial charge is 0.375 e. The first kappa shape index (κ1) is 14.1. The molecule has 0 amide bonds. The van der Waals surface area contributed by atoms with E-state index < -0.39 is 0 Å². The van der Waals surface area contributed by atoms with E-state index in [0.29, 0.717) is 24.2 Å². The second-order valence-corrected chi connectivity index (χ2v) is 6.52. The van der Waals surface area contributed by atoms with Gasteiger partial charge in [-0.25, -0.2) is 0 Å². The first-order valence-corrected chi connectivity index (χ1v) is 8.20. The lowest BCUT2D eigenvalue weighted by Gasteiger charge is -2.29. The van der Waals surface area contributed by atoms with Crippen molar-refractivity contribution >= 4 is 0 Å². The van der Waals surface area contributed by atoms with Crippen molar-refractivity contribution in [3.05, 3.63) is 35.4 Å². The number of hydrogen-bond acceptors (Lipinski definition) is 2. The minimum atomic E-state index is 0.514. The van der Waals surface area contributed by atoms with E-state index in [-0.39, 0.29) is 0 Å². The summed E-state index contributed by atoms with van der Waals surface area (Å²) in [6.07, 6.45) is 7.22. The molecule has 0 spiro atoms. The minimum Gasteiger partial charge on any atom is -0.375 e. The van der Waals surface area contributed by atoms with Crippen LogP contribution in [0.1, 0.15) is 43.7 Å². The van der Waals surface area contributed by atoms with Gasteiger partial charge in [0.05, 0.1) is 12.2 Å². The van der Waals surface area contributed by atoms with E-state index in [4.69, 9.17) is 4.74 Å². The molecule has 2 heterocycles. The van der Waals surface area contributed by atoms with Crippen LogP contribution in [-0.4, -0.2) is 24.8 Å². The predicted octanol–water partition coefficient (Wildman–Crippen LogP) is 3.47. The normalized spacial score (nSPS) is 29.8. The third-order valence-electron chi connectivity index (χ3n) is 4.90. The van der Waals surface area contributed by atoms with Gasteiger partial charge in [0.1, 0.15) is 0 Å². The molecule has 2 heteroatoms. The van der Waals surface area contributed by atoms with Gasteiger partial charge in [0.25, 0.3) is 0 Å². The molecule has 2 saturated heterocycles. The summed E-state index contributed by atoms with van der Waals surface area (Å²) < 4.78 is 6.06. The molecule has 1 aromatic carbocycles. The van der Waals surface area contributed by atoms with E-state index in [0.717, 1.165) is 13.0 Å². The molecule has 3 rings (SSSR count). The third kappa shape index (κ3) is 3.07. The summed E-state index contributed by atoms with van der Waals surface area (Å²) in [7, 11) is 0. The number of ether oxygens (including phenoxy) is 1. The van der Waals surface area contributed by atoms with E-state index in [1.165, 1.54) is 36.8 Å². The fourth-order valence-electron chi connectivity index (χ4n) is 3.78. The highest BCUT2D eigenvalue weighted by Crippen LogP contribution is 2.41. The molecule has 0 aromatic heterocycles. The Hall–Kier alpha value is -0.860. The van der Waals surface area contributed by atoms with Crippen LogP contribution in [0.3, 0.4) is 0 Å². The maximum Gasteiger partial charge on any atom is 0.0623 e. The van der Waals surface area contributed by atoms with Gasteiger partial charge < -0.3 is 10.1 Å². The van der Waals surface area contributed by atoms with Gasteiger partial charge in [0, 0.05) is 12.0 Å². The van der Waals surface area contributed by atoms with Gasteiger partial charge in [0.2, 0.25) is 0 Å². The number of fused-ring (bicyclic) bond motifs is 2. The van der Waals surface area contributed by atoms with E-state index in [1.54, 1.807) is 0 Å². The van der Waals surface area contributed by atoms with Gasteiger partial charge >= 0.3 is 0 Å². The quantitative estimate of drug-likeness (QED) is 0.857. The Morgan fingerprint density at radius 2 is 2.05 bits per heavy atom. The monoisotopic (exact) mass is 273 g/mol. The lowest BCUT2D eigenvalue weighted by Crippen LogP contribution is -2.42. The zero-order valence-electron chi connectivity index (χ0n) is 12.8. The predicted molar refractivity (Wildman–Crippen MR) is 83.0 cm³/mol. The highest BCUT2D eigenvalue weighted by molar-refractivity contribution is 5.22. The fourth-order valence-corrected chi connectivity index (χ4v) is 3.78. The van der Waals surface area contributed by atoms with Gasteiger partial charge in [-0.2, -0.15) is 0 Å². The standard InChI is InChI=1S/C18H27NO/c1-3-10-19-17(11-14-6-4-13(2)5-7-14)16-12-15-8-9-18(16)20-15/h4-7,15-19H,3,8-12H2,1-2H3. The molecule has 1 N–H and O–H groups in total. The van der Waals surface area contributed by atoms with Crippen LogP contribution < -0.4 is 5.32 Å². The van der Waals surface area contributed by atoms with E-state index >= 15 is 0 Å². The van der Waals surface area contributed by atoms with Crippen LogP contribution in [0.25, 0.3) is 0 Å². The maximum atomic E-state index is 6.06. The summed E-state index contributed by atoms with van der Waals surface area (Å²) >= 11 is 0. The summed E-state index contributed by atoms with van der Waals surface area (Å²) in [5.41, 5.74) is 2.79. The average molecular weight is 273 g/mol. The number of nitrogens with one attached hydrogen (secondary N) is 1. The molecular formula is C18H27NO. The molecule has 1 aromatic rings. The lowest BCUT2D eigenvalue weighted by atomic mass is 9.81. The first-order chi connectivity index (χ1) is 9.76. The Bertz CT molecular complexity index is 428. The number of aryl methyl sites for hydroxylation is 1. The molecule has 0 aliphatic carbocycles. The summed E-state index contributed by atoms with van der Waals surface area (Å²) in [4.78, 5) is 0. The second kappa shape index (κ2) is 6.28. The van der Waals surface area contributed by atoms with Crippen molar-refractivity contribution in [3.8, 4) is 0 Å². The average Bonchev–Trinajstić information content (AvgIpc) is 3.08. The number of hydrogen-bond donors (Lipinski definition) is 1. The fraction of sp³-hybridized carbons (Fsp3) is 0.667. The topological polar surface area (TPSA) is 21.3 Å². The van der Waals surface area contributed by atoms with Crippen molar-refractivity contribution in [2.75, 3.05) is 6.54 Å². The van der Waals surface area contributed by atoms with Crippen LogP contribution in [0.4, 0.5) is 0 Å². The van der Waals surface area contributed by atoms with Gasteiger partial charge in [-0.3, -0.25) is 0 Å². The molecule has 4 unspecified atom stereocenters. The van der Waals surface area contributed by atoms with Crippen LogP contribution in [0, 0.1) is 12.8 Å².